The molecule has 150 valence electrons. The van der Waals surface area contributed by atoms with Gasteiger partial charge in [-0.3, -0.25) is 0 Å². The summed E-state index contributed by atoms with van der Waals surface area (Å²) >= 11 is 6.14. The molecule has 0 amide bonds. The number of anilines is 2. The van der Waals surface area contributed by atoms with Crippen molar-refractivity contribution in [1.82, 2.24) is 0 Å². The molecule has 3 aromatic rings. The summed E-state index contributed by atoms with van der Waals surface area (Å²) < 4.78 is 5.32. The van der Waals surface area contributed by atoms with E-state index in [1.54, 1.807) is 7.11 Å². The molecule has 0 radical (unpaired) electrons. The molecular weight excluding hydrogens is 380 g/mol. The lowest BCUT2D eigenvalue weighted by atomic mass is 9.97. The number of halogens is 1. The Morgan fingerprint density at radius 1 is 0.862 bits per heavy atom. The Bertz CT molecular complexity index is 912. The number of rotatable bonds is 5. The Hall–Kier alpha value is -2.65. The first-order chi connectivity index (χ1) is 14.1. The minimum Gasteiger partial charge on any atom is -0.497 e. The molecule has 1 fully saturated rings. The van der Waals surface area contributed by atoms with Gasteiger partial charge in [-0.15, -0.1) is 0 Å². The third-order valence-corrected chi connectivity index (χ3v) is 5.91. The van der Waals surface area contributed by atoms with Gasteiger partial charge in [-0.2, -0.15) is 0 Å². The molecule has 1 saturated heterocycles. The summed E-state index contributed by atoms with van der Waals surface area (Å²) in [5, 5.41) is 0.776. The third kappa shape index (κ3) is 4.51. The molecule has 4 heteroatoms. The normalized spacial score (nSPS) is 19.3. The van der Waals surface area contributed by atoms with Crippen molar-refractivity contribution in [3.63, 3.8) is 0 Å². The monoisotopic (exact) mass is 406 g/mol. The summed E-state index contributed by atoms with van der Waals surface area (Å²) in [6.45, 7) is 4.25. The van der Waals surface area contributed by atoms with Crippen molar-refractivity contribution < 1.29 is 4.74 Å². The molecule has 0 bridgehead atoms. The smallest absolute Gasteiger partial charge is 0.119 e. The number of ether oxygens (including phenoxy) is 1. The van der Waals surface area contributed by atoms with E-state index in [9.17, 15) is 0 Å². The molecule has 0 unspecified atom stereocenters. The zero-order chi connectivity index (χ0) is 20.2. The van der Waals surface area contributed by atoms with Gasteiger partial charge in [0.15, 0.2) is 0 Å². The van der Waals surface area contributed by atoms with Gasteiger partial charge < -0.3 is 14.5 Å². The van der Waals surface area contributed by atoms with Crippen LogP contribution in [0.2, 0.25) is 5.02 Å². The molecule has 3 aromatic carbocycles. The highest BCUT2D eigenvalue weighted by Gasteiger charge is 2.32. The van der Waals surface area contributed by atoms with Crippen molar-refractivity contribution in [3.05, 3.63) is 89.4 Å². The maximum absolute atomic E-state index is 6.14. The summed E-state index contributed by atoms with van der Waals surface area (Å²) in [6.07, 6.45) is 1.00. The average Bonchev–Trinajstić information content (AvgIpc) is 2.75. The van der Waals surface area contributed by atoms with Gasteiger partial charge in [0.1, 0.15) is 5.75 Å². The first kappa shape index (κ1) is 19.7. The highest BCUT2D eigenvalue weighted by molar-refractivity contribution is 6.30. The van der Waals surface area contributed by atoms with Crippen molar-refractivity contribution in [3.8, 4) is 5.75 Å². The van der Waals surface area contributed by atoms with Crippen molar-refractivity contribution in [2.24, 2.45) is 0 Å². The van der Waals surface area contributed by atoms with Crippen LogP contribution < -0.4 is 14.5 Å². The van der Waals surface area contributed by atoms with Crippen LogP contribution in [-0.4, -0.2) is 32.3 Å². The van der Waals surface area contributed by atoms with E-state index in [0.717, 1.165) is 30.3 Å². The zero-order valence-electron chi connectivity index (χ0n) is 17.0. The maximum atomic E-state index is 6.14. The lowest BCUT2D eigenvalue weighted by Gasteiger charge is -2.48. The van der Waals surface area contributed by atoms with Gasteiger partial charge in [0.05, 0.1) is 13.2 Å². The second-order valence-corrected chi connectivity index (χ2v) is 8.12. The Morgan fingerprint density at radius 3 is 2.17 bits per heavy atom. The molecule has 4 rings (SSSR count). The summed E-state index contributed by atoms with van der Waals surface area (Å²) in [5.41, 5.74) is 3.84. The quantitative estimate of drug-likeness (QED) is 0.542. The van der Waals surface area contributed by atoms with E-state index >= 15 is 0 Å². The van der Waals surface area contributed by atoms with E-state index in [2.05, 4.69) is 71.3 Å². The average molecular weight is 407 g/mol. The summed E-state index contributed by atoms with van der Waals surface area (Å²) in [6, 6.07) is 28.1. The number of hydrogen-bond acceptors (Lipinski definition) is 3. The fourth-order valence-corrected chi connectivity index (χ4v) is 4.44. The first-order valence-corrected chi connectivity index (χ1v) is 10.5. The van der Waals surface area contributed by atoms with E-state index in [-0.39, 0.29) is 0 Å². The Kier molecular flexibility index (Phi) is 5.96. The van der Waals surface area contributed by atoms with Gasteiger partial charge >= 0.3 is 0 Å². The molecule has 0 N–H and O–H groups in total. The molecule has 2 atom stereocenters. The Morgan fingerprint density at radius 2 is 1.52 bits per heavy atom. The summed E-state index contributed by atoms with van der Waals surface area (Å²) in [7, 11) is 1.71. The van der Waals surface area contributed by atoms with E-state index in [4.69, 9.17) is 16.3 Å². The first-order valence-electron chi connectivity index (χ1n) is 10.1. The highest BCUT2D eigenvalue weighted by Crippen LogP contribution is 2.30. The van der Waals surface area contributed by atoms with Crippen molar-refractivity contribution >= 4 is 23.0 Å². The SMILES string of the molecule is COc1ccc(N2C[C@@H](Cc3ccccc3)N(c3ccc(Cl)cc3)[C@@H](C)C2)cc1. The zero-order valence-corrected chi connectivity index (χ0v) is 17.7. The number of hydrogen-bond donors (Lipinski definition) is 0. The van der Waals surface area contributed by atoms with Gasteiger partial charge in [-0.25, -0.2) is 0 Å². The van der Waals surface area contributed by atoms with Crippen LogP contribution in [0.1, 0.15) is 12.5 Å². The molecule has 0 spiro atoms. The maximum Gasteiger partial charge on any atom is 0.119 e. The van der Waals surface area contributed by atoms with Crippen LogP contribution >= 0.6 is 11.6 Å². The van der Waals surface area contributed by atoms with Crippen LogP contribution in [0.5, 0.6) is 5.75 Å². The van der Waals surface area contributed by atoms with Gasteiger partial charge in [0.25, 0.3) is 0 Å². The van der Waals surface area contributed by atoms with E-state index in [0.29, 0.717) is 12.1 Å². The fourth-order valence-electron chi connectivity index (χ4n) is 4.32. The Balaban J connectivity index is 1.63. The van der Waals surface area contributed by atoms with Crippen molar-refractivity contribution in [2.45, 2.75) is 25.4 Å². The standard InChI is InChI=1S/C25H27ClN2O/c1-19-17-27(22-12-14-25(29-2)15-13-22)18-24(16-20-6-4-3-5-7-20)28(19)23-10-8-21(26)9-11-23/h3-15,19,24H,16-18H2,1-2H3/t19-,24+/m0/s1. The number of methoxy groups -OCH3 is 1. The van der Waals surface area contributed by atoms with Gasteiger partial charge in [0, 0.05) is 35.5 Å². The van der Waals surface area contributed by atoms with Crippen LogP contribution in [0, 0.1) is 0 Å². The molecule has 0 saturated carbocycles. The second-order valence-electron chi connectivity index (χ2n) is 7.68. The second kappa shape index (κ2) is 8.79. The third-order valence-electron chi connectivity index (χ3n) is 5.66. The molecular formula is C25H27ClN2O. The minimum atomic E-state index is 0.365. The van der Waals surface area contributed by atoms with Gasteiger partial charge in [-0.1, -0.05) is 41.9 Å². The largest absolute Gasteiger partial charge is 0.497 e. The van der Waals surface area contributed by atoms with E-state index in [1.165, 1.54) is 16.9 Å². The molecule has 29 heavy (non-hydrogen) atoms. The van der Waals surface area contributed by atoms with Crippen LogP contribution in [0.3, 0.4) is 0 Å². The molecule has 1 heterocycles. The van der Waals surface area contributed by atoms with Crippen LogP contribution in [0.4, 0.5) is 11.4 Å². The minimum absolute atomic E-state index is 0.365. The Labute approximate surface area is 178 Å². The molecule has 1 aliphatic heterocycles. The number of piperazine rings is 1. The molecule has 3 nitrogen and oxygen atoms in total. The lowest BCUT2D eigenvalue weighted by molar-refractivity contribution is 0.414. The predicted octanol–water partition coefficient (Wildman–Crippen LogP) is 5.68. The fraction of sp³-hybridized carbons (Fsp3) is 0.280. The molecule has 1 aliphatic rings. The van der Waals surface area contributed by atoms with Gasteiger partial charge in [-0.05, 0) is 67.4 Å². The highest BCUT2D eigenvalue weighted by atomic mass is 35.5. The topological polar surface area (TPSA) is 15.7 Å². The van der Waals surface area contributed by atoms with Crippen LogP contribution in [0.15, 0.2) is 78.9 Å². The van der Waals surface area contributed by atoms with Crippen molar-refractivity contribution in [1.29, 1.82) is 0 Å². The number of benzene rings is 3. The number of nitrogens with zero attached hydrogens (tertiary/aromatic N) is 2. The van der Waals surface area contributed by atoms with E-state index < -0.39 is 0 Å². The summed E-state index contributed by atoms with van der Waals surface area (Å²) in [4.78, 5) is 5.05. The summed E-state index contributed by atoms with van der Waals surface area (Å²) in [5.74, 6) is 0.891. The predicted molar refractivity (Wildman–Crippen MR) is 123 cm³/mol. The lowest BCUT2D eigenvalue weighted by Crippen LogP contribution is -2.59. The van der Waals surface area contributed by atoms with Gasteiger partial charge in [0.2, 0.25) is 0 Å². The van der Waals surface area contributed by atoms with Crippen LogP contribution in [-0.2, 0) is 6.42 Å². The van der Waals surface area contributed by atoms with Crippen LogP contribution in [0.25, 0.3) is 0 Å². The molecule has 0 aliphatic carbocycles. The van der Waals surface area contributed by atoms with E-state index in [1.807, 2.05) is 24.3 Å². The van der Waals surface area contributed by atoms with Crippen molar-refractivity contribution in [2.75, 3.05) is 30.0 Å². The molecule has 0 aromatic heterocycles.